The molecule has 11 aromatic carbocycles. The first-order valence-corrected chi connectivity index (χ1v) is 23.8. The van der Waals surface area contributed by atoms with E-state index in [9.17, 15) is 0 Å². The first kappa shape index (κ1) is 37.0. The number of aromatic nitrogens is 1. The predicted octanol–water partition coefficient (Wildman–Crippen LogP) is 17.3. The van der Waals surface area contributed by atoms with Gasteiger partial charge in [-0.25, -0.2) is 0 Å². The van der Waals surface area contributed by atoms with Crippen molar-refractivity contribution in [2.75, 3.05) is 4.90 Å². The highest BCUT2D eigenvalue weighted by Crippen LogP contribution is 2.62. The molecule has 67 heavy (non-hydrogen) atoms. The van der Waals surface area contributed by atoms with Gasteiger partial charge in [-0.1, -0.05) is 176 Å². The smallest absolute Gasteiger partial charge is 0.137 e. The zero-order valence-electron chi connectivity index (χ0n) is 36.2. The van der Waals surface area contributed by atoms with Crippen LogP contribution in [-0.4, -0.2) is 4.57 Å². The van der Waals surface area contributed by atoms with Crippen molar-refractivity contribution in [1.29, 1.82) is 0 Å². The van der Waals surface area contributed by atoms with Crippen LogP contribution in [0.3, 0.4) is 0 Å². The number of hydrogen-bond acceptors (Lipinski definition) is 3. The lowest BCUT2D eigenvalue weighted by Crippen LogP contribution is -2.36. The van der Waals surface area contributed by atoms with Crippen LogP contribution in [0.2, 0.25) is 0 Å². The van der Waals surface area contributed by atoms with E-state index in [2.05, 4.69) is 240 Å². The highest BCUT2D eigenvalue weighted by molar-refractivity contribution is 7.99. The van der Waals surface area contributed by atoms with E-state index in [0.717, 1.165) is 44.5 Å². The van der Waals surface area contributed by atoms with Crippen molar-refractivity contribution < 1.29 is 4.42 Å². The van der Waals surface area contributed by atoms with Crippen molar-refractivity contribution >= 4 is 94.1 Å². The van der Waals surface area contributed by atoms with Crippen molar-refractivity contribution in [1.82, 2.24) is 4.57 Å². The van der Waals surface area contributed by atoms with Crippen LogP contribution in [0.5, 0.6) is 0 Å². The summed E-state index contributed by atoms with van der Waals surface area (Å²) in [5.41, 5.74) is 15.8. The molecule has 0 saturated heterocycles. The Balaban J connectivity index is 1.06. The van der Waals surface area contributed by atoms with Crippen LogP contribution < -0.4 is 4.90 Å². The number of furan rings is 1. The zero-order valence-corrected chi connectivity index (χ0v) is 37.0. The van der Waals surface area contributed by atoms with Crippen LogP contribution in [0, 0.1) is 0 Å². The fourth-order valence-electron chi connectivity index (χ4n) is 12.0. The fourth-order valence-corrected chi connectivity index (χ4v) is 13.2. The maximum Gasteiger partial charge on any atom is 0.137 e. The number of anilines is 3. The third-order valence-corrected chi connectivity index (χ3v) is 15.8. The quantitative estimate of drug-likeness (QED) is 0.176. The predicted molar refractivity (Wildman–Crippen MR) is 279 cm³/mol. The van der Waals surface area contributed by atoms with E-state index >= 15 is 0 Å². The molecule has 0 unspecified atom stereocenters. The second kappa shape index (κ2) is 13.9. The number of rotatable bonds is 4. The van der Waals surface area contributed by atoms with E-state index in [0.29, 0.717) is 0 Å². The molecule has 2 aliphatic rings. The van der Waals surface area contributed by atoms with Gasteiger partial charge in [0.2, 0.25) is 0 Å². The summed E-state index contributed by atoms with van der Waals surface area (Å²) in [6.07, 6.45) is 0. The number of benzene rings is 11. The van der Waals surface area contributed by atoms with Gasteiger partial charge in [-0.15, -0.1) is 0 Å². The summed E-state index contributed by atoms with van der Waals surface area (Å²) in [6.45, 7) is 0. The van der Waals surface area contributed by atoms with Gasteiger partial charge in [0.05, 0.1) is 38.9 Å². The van der Waals surface area contributed by atoms with E-state index in [-0.39, 0.29) is 0 Å². The van der Waals surface area contributed by atoms with E-state index in [4.69, 9.17) is 4.42 Å². The second-order valence-corrected chi connectivity index (χ2v) is 19.0. The van der Waals surface area contributed by atoms with Crippen LogP contribution in [-0.2, 0) is 5.41 Å². The normalized spacial score (nSPS) is 13.4. The molecule has 4 heteroatoms. The zero-order chi connectivity index (χ0) is 43.8. The molecule has 1 aliphatic heterocycles. The SMILES string of the molecule is c1ccc2c(c1)Sc1ccccc1C21c2ccccc2-c2ccc(N(c3ccc4c(c3)c3ccccc3n4-c3cccc4ccccc34)c3cccc4oc5ccccc5c34)c3cccc1c23. The van der Waals surface area contributed by atoms with Crippen molar-refractivity contribution in [2.24, 2.45) is 0 Å². The summed E-state index contributed by atoms with van der Waals surface area (Å²) in [6, 6.07) is 85.3. The molecule has 3 nitrogen and oxygen atoms in total. The van der Waals surface area contributed by atoms with Gasteiger partial charge in [0, 0.05) is 42.4 Å². The summed E-state index contributed by atoms with van der Waals surface area (Å²) in [5, 5.41) is 9.50. The first-order valence-electron chi connectivity index (χ1n) is 23.0. The van der Waals surface area contributed by atoms with Gasteiger partial charge in [-0.2, -0.15) is 0 Å². The average molecular weight is 871 g/mol. The topological polar surface area (TPSA) is 21.3 Å². The molecule has 0 bridgehead atoms. The van der Waals surface area contributed by atoms with Gasteiger partial charge in [-0.05, 0) is 111 Å². The number of nitrogens with zero attached hydrogens (tertiary/aromatic N) is 2. The highest BCUT2D eigenvalue weighted by Gasteiger charge is 2.48. The maximum atomic E-state index is 6.63. The summed E-state index contributed by atoms with van der Waals surface area (Å²) >= 11 is 1.88. The Labute approximate surface area is 390 Å². The van der Waals surface area contributed by atoms with Crippen molar-refractivity contribution in [3.63, 3.8) is 0 Å². The molecule has 13 aromatic rings. The lowest BCUT2D eigenvalue weighted by Gasteiger charge is -2.46. The van der Waals surface area contributed by atoms with Gasteiger partial charge in [0.15, 0.2) is 0 Å². The Kier molecular flexibility index (Phi) is 7.64. The van der Waals surface area contributed by atoms with Crippen LogP contribution in [0.1, 0.15) is 22.3 Å². The van der Waals surface area contributed by atoms with Gasteiger partial charge >= 0.3 is 0 Å². The average Bonchev–Trinajstić information content (AvgIpc) is 3.94. The molecule has 0 saturated carbocycles. The molecule has 0 amide bonds. The Morgan fingerprint density at radius 1 is 0.388 bits per heavy atom. The van der Waals surface area contributed by atoms with Gasteiger partial charge in [0.25, 0.3) is 0 Å². The third-order valence-electron chi connectivity index (χ3n) is 14.6. The molecular weight excluding hydrogens is 833 g/mol. The number of fused-ring (bicyclic) bond motifs is 15. The largest absolute Gasteiger partial charge is 0.456 e. The van der Waals surface area contributed by atoms with E-state index in [1.807, 2.05) is 11.8 Å². The number of hydrogen-bond donors (Lipinski definition) is 0. The summed E-state index contributed by atoms with van der Waals surface area (Å²) < 4.78 is 9.08. The van der Waals surface area contributed by atoms with Crippen LogP contribution in [0.15, 0.2) is 245 Å². The van der Waals surface area contributed by atoms with E-state index in [1.165, 1.54) is 86.7 Å². The Morgan fingerprint density at radius 3 is 1.88 bits per heavy atom. The highest BCUT2D eigenvalue weighted by atomic mass is 32.2. The molecular formula is C63H38N2OS. The Bertz CT molecular complexity index is 4180. The van der Waals surface area contributed by atoms with Gasteiger partial charge in [-0.3, -0.25) is 0 Å². The molecule has 3 heterocycles. The molecule has 0 radical (unpaired) electrons. The first-order chi connectivity index (χ1) is 33.3. The third kappa shape index (κ3) is 4.97. The van der Waals surface area contributed by atoms with Crippen molar-refractivity contribution in [2.45, 2.75) is 15.2 Å². The van der Waals surface area contributed by atoms with Crippen molar-refractivity contribution in [3.8, 4) is 16.8 Å². The molecule has 0 N–H and O–H groups in total. The molecule has 312 valence electrons. The molecule has 0 atom stereocenters. The standard InChI is InChI=1S/C63H38N2OS/c1-2-18-41-39(16-1)17-13-28-52(41)65-53-27-9-4-20-43(53)47-38-40(34-36-55(47)65)64(56-29-15-31-58-62(56)46-21-5-10-30-57(46)66-58)54-37-35-44-42-19-3-6-23-48(42)63(51-26-14-22-45(54)61(44)51)49-24-7-11-32-59(49)67-60-33-12-8-25-50(60)63/h1-38H. The summed E-state index contributed by atoms with van der Waals surface area (Å²) in [5.74, 6) is 0. The van der Waals surface area contributed by atoms with Crippen LogP contribution in [0.25, 0.3) is 82.1 Å². The van der Waals surface area contributed by atoms with E-state index in [1.54, 1.807) is 0 Å². The molecule has 1 aliphatic carbocycles. The fraction of sp³-hybridized carbons (Fsp3) is 0.0159. The van der Waals surface area contributed by atoms with Crippen molar-refractivity contribution in [3.05, 3.63) is 253 Å². The molecule has 15 rings (SSSR count). The minimum atomic E-state index is -0.534. The minimum absolute atomic E-state index is 0.534. The minimum Gasteiger partial charge on any atom is -0.456 e. The van der Waals surface area contributed by atoms with Gasteiger partial charge < -0.3 is 13.9 Å². The van der Waals surface area contributed by atoms with E-state index < -0.39 is 5.41 Å². The van der Waals surface area contributed by atoms with Gasteiger partial charge in [0.1, 0.15) is 11.2 Å². The number of para-hydroxylation sites is 2. The lowest BCUT2D eigenvalue weighted by molar-refractivity contribution is 0.669. The Morgan fingerprint density at radius 2 is 1.01 bits per heavy atom. The molecule has 0 fully saturated rings. The second-order valence-electron chi connectivity index (χ2n) is 17.9. The molecule has 1 spiro atoms. The monoisotopic (exact) mass is 870 g/mol. The Hall–Kier alpha value is -8.31. The maximum absolute atomic E-state index is 6.63. The van der Waals surface area contributed by atoms with Crippen LogP contribution >= 0.6 is 11.8 Å². The summed E-state index contributed by atoms with van der Waals surface area (Å²) in [7, 11) is 0. The molecule has 2 aromatic heterocycles. The summed E-state index contributed by atoms with van der Waals surface area (Å²) in [4.78, 5) is 5.09. The lowest BCUT2D eigenvalue weighted by atomic mass is 9.59. The van der Waals surface area contributed by atoms with Crippen LogP contribution in [0.4, 0.5) is 17.1 Å².